The van der Waals surface area contributed by atoms with E-state index in [1.807, 2.05) is 12.1 Å². The summed E-state index contributed by atoms with van der Waals surface area (Å²) >= 11 is 0. The van der Waals surface area contributed by atoms with Crippen LogP contribution in [0.25, 0.3) is 0 Å². The zero-order valence-corrected chi connectivity index (χ0v) is 17.0. The molecule has 2 N–H and O–H groups in total. The molecular formula is C18H26ClN5O4. The highest BCUT2D eigenvalue weighted by Crippen LogP contribution is 2.22. The van der Waals surface area contributed by atoms with Gasteiger partial charge in [-0.05, 0) is 31.5 Å². The Balaban J connectivity index is 0.00000392. The van der Waals surface area contributed by atoms with Gasteiger partial charge in [-0.2, -0.15) is 5.10 Å². The van der Waals surface area contributed by atoms with Crippen LogP contribution in [0.15, 0.2) is 24.3 Å². The van der Waals surface area contributed by atoms with Crippen molar-refractivity contribution in [1.29, 1.82) is 0 Å². The first-order valence-electron chi connectivity index (χ1n) is 8.69. The van der Waals surface area contributed by atoms with Gasteiger partial charge in [0.05, 0.1) is 18.1 Å². The Bertz CT molecular complexity index is 792. The minimum absolute atomic E-state index is 0. The summed E-state index contributed by atoms with van der Waals surface area (Å²) in [6.07, 6.45) is 0. The number of nitrogens with one attached hydrogen (secondary N) is 2. The van der Waals surface area contributed by atoms with Gasteiger partial charge in [0.1, 0.15) is 11.4 Å². The number of benzene rings is 1. The molecule has 0 aliphatic heterocycles. The van der Waals surface area contributed by atoms with Crippen molar-refractivity contribution in [3.05, 3.63) is 56.9 Å². The molecule has 9 nitrogen and oxygen atoms in total. The number of nitrogens with zero attached hydrogens (tertiary/aromatic N) is 3. The number of hydrogen-bond acceptors (Lipinski definition) is 6. The van der Waals surface area contributed by atoms with Crippen molar-refractivity contribution in [1.82, 2.24) is 20.4 Å². The third-order valence-electron chi connectivity index (χ3n) is 4.14. The Hall–Kier alpha value is -2.49. The Kier molecular flexibility index (Phi) is 9.57. The number of nitro groups is 1. The van der Waals surface area contributed by atoms with Crippen LogP contribution < -0.4 is 10.6 Å². The maximum Gasteiger partial charge on any atom is 0.312 e. The fraction of sp³-hybridized carbons (Fsp3) is 0.444. The zero-order valence-electron chi connectivity index (χ0n) is 16.2. The standard InChI is InChI=1S/C18H25N5O4.ClH/c1-13-17(23(25)26)14(2)22(21-13)12-15-4-6-16(7-5-15)18(24)20-9-8-19-10-11-27-3;/h4-7,19H,8-12H2,1-3H3,(H,20,24);1H. The molecule has 0 spiro atoms. The van der Waals surface area contributed by atoms with Gasteiger partial charge in [-0.1, -0.05) is 12.1 Å². The average molecular weight is 412 g/mol. The second-order valence-corrected chi connectivity index (χ2v) is 6.13. The summed E-state index contributed by atoms with van der Waals surface area (Å²) in [6.45, 7) is 6.29. The van der Waals surface area contributed by atoms with E-state index in [-0.39, 0.29) is 24.0 Å². The average Bonchev–Trinajstić information content (AvgIpc) is 2.92. The van der Waals surface area contributed by atoms with Crippen LogP contribution >= 0.6 is 12.4 Å². The molecule has 0 radical (unpaired) electrons. The summed E-state index contributed by atoms with van der Waals surface area (Å²) in [5.74, 6) is -0.142. The van der Waals surface area contributed by atoms with Crippen LogP contribution in [0.3, 0.4) is 0 Å². The van der Waals surface area contributed by atoms with Gasteiger partial charge in [-0.3, -0.25) is 19.6 Å². The summed E-state index contributed by atoms with van der Waals surface area (Å²) in [5, 5.41) is 21.3. The van der Waals surface area contributed by atoms with Gasteiger partial charge in [-0.25, -0.2) is 0 Å². The zero-order chi connectivity index (χ0) is 19.8. The van der Waals surface area contributed by atoms with E-state index >= 15 is 0 Å². The number of halogens is 1. The molecule has 154 valence electrons. The molecule has 0 bridgehead atoms. The first-order chi connectivity index (χ1) is 12.9. The van der Waals surface area contributed by atoms with E-state index < -0.39 is 4.92 Å². The second-order valence-electron chi connectivity index (χ2n) is 6.13. The molecule has 0 unspecified atom stereocenters. The molecule has 0 aliphatic carbocycles. The molecular weight excluding hydrogens is 386 g/mol. The van der Waals surface area contributed by atoms with E-state index in [9.17, 15) is 14.9 Å². The van der Waals surface area contributed by atoms with Crippen molar-refractivity contribution in [2.75, 3.05) is 33.4 Å². The number of amides is 1. The number of methoxy groups -OCH3 is 1. The summed E-state index contributed by atoms with van der Waals surface area (Å²) in [6, 6.07) is 7.13. The largest absolute Gasteiger partial charge is 0.383 e. The van der Waals surface area contributed by atoms with Gasteiger partial charge in [0, 0.05) is 32.3 Å². The van der Waals surface area contributed by atoms with Gasteiger partial charge in [0.15, 0.2) is 0 Å². The van der Waals surface area contributed by atoms with Gasteiger partial charge in [-0.15, -0.1) is 12.4 Å². The van der Waals surface area contributed by atoms with Crippen molar-refractivity contribution in [3.8, 4) is 0 Å². The van der Waals surface area contributed by atoms with Gasteiger partial charge < -0.3 is 15.4 Å². The maximum absolute atomic E-state index is 12.1. The molecule has 28 heavy (non-hydrogen) atoms. The molecule has 2 aromatic rings. The summed E-state index contributed by atoms with van der Waals surface area (Å²) < 4.78 is 6.54. The molecule has 0 saturated carbocycles. The highest BCUT2D eigenvalue weighted by atomic mass is 35.5. The normalized spacial score (nSPS) is 10.4. The van der Waals surface area contributed by atoms with Gasteiger partial charge >= 0.3 is 5.69 Å². The molecule has 1 heterocycles. The highest BCUT2D eigenvalue weighted by Gasteiger charge is 2.21. The molecule has 0 aliphatic rings. The van der Waals surface area contributed by atoms with Crippen LogP contribution in [0.1, 0.15) is 27.3 Å². The Labute approximate surface area is 170 Å². The Morgan fingerprint density at radius 2 is 1.89 bits per heavy atom. The molecule has 0 atom stereocenters. The molecule has 1 amide bonds. The lowest BCUT2D eigenvalue weighted by Crippen LogP contribution is -2.33. The number of rotatable bonds is 10. The Morgan fingerprint density at radius 3 is 2.46 bits per heavy atom. The van der Waals surface area contributed by atoms with E-state index in [2.05, 4.69) is 15.7 Å². The lowest BCUT2D eigenvalue weighted by molar-refractivity contribution is -0.386. The predicted octanol–water partition coefficient (Wildman–Crippen LogP) is 1.84. The number of hydrogen-bond donors (Lipinski definition) is 2. The smallest absolute Gasteiger partial charge is 0.312 e. The van der Waals surface area contributed by atoms with Gasteiger partial charge in [0.25, 0.3) is 5.91 Å². The monoisotopic (exact) mass is 411 g/mol. The summed E-state index contributed by atoms with van der Waals surface area (Å²) in [4.78, 5) is 22.8. The van der Waals surface area contributed by atoms with E-state index in [1.54, 1.807) is 37.8 Å². The molecule has 0 fully saturated rings. The molecule has 10 heteroatoms. The second kappa shape index (κ2) is 11.4. The third-order valence-corrected chi connectivity index (χ3v) is 4.14. The number of carbonyl (C=O) groups is 1. The fourth-order valence-corrected chi connectivity index (χ4v) is 2.71. The molecule has 0 saturated heterocycles. The summed E-state index contributed by atoms with van der Waals surface area (Å²) in [7, 11) is 1.64. The Morgan fingerprint density at radius 1 is 1.21 bits per heavy atom. The fourth-order valence-electron chi connectivity index (χ4n) is 2.71. The van der Waals surface area contributed by atoms with Crippen molar-refractivity contribution in [2.24, 2.45) is 0 Å². The minimum Gasteiger partial charge on any atom is -0.383 e. The number of carbonyl (C=O) groups excluding carboxylic acids is 1. The third kappa shape index (κ3) is 6.29. The lowest BCUT2D eigenvalue weighted by Gasteiger charge is -2.08. The first-order valence-corrected chi connectivity index (χ1v) is 8.69. The van der Waals surface area contributed by atoms with E-state index in [0.29, 0.717) is 43.2 Å². The molecule has 1 aromatic carbocycles. The quantitative estimate of drug-likeness (QED) is 0.350. The topological polar surface area (TPSA) is 111 Å². The first kappa shape index (κ1) is 23.5. The van der Waals surface area contributed by atoms with Crippen molar-refractivity contribution < 1.29 is 14.5 Å². The lowest BCUT2D eigenvalue weighted by atomic mass is 10.1. The number of aryl methyl sites for hydroxylation is 1. The summed E-state index contributed by atoms with van der Waals surface area (Å²) in [5.41, 5.74) is 2.43. The maximum atomic E-state index is 12.1. The number of ether oxygens (including phenoxy) is 1. The van der Waals surface area contributed by atoms with Crippen LogP contribution in [0.5, 0.6) is 0 Å². The van der Waals surface area contributed by atoms with Crippen LogP contribution in [0.2, 0.25) is 0 Å². The van der Waals surface area contributed by atoms with E-state index in [1.165, 1.54) is 0 Å². The van der Waals surface area contributed by atoms with E-state index in [4.69, 9.17) is 4.74 Å². The predicted molar refractivity (Wildman–Crippen MR) is 108 cm³/mol. The SMILES string of the molecule is COCCNCCNC(=O)c1ccc(Cn2nc(C)c([N+](=O)[O-])c2C)cc1.Cl. The number of aromatic nitrogens is 2. The van der Waals surface area contributed by atoms with Crippen molar-refractivity contribution in [3.63, 3.8) is 0 Å². The highest BCUT2D eigenvalue weighted by molar-refractivity contribution is 5.94. The van der Waals surface area contributed by atoms with Crippen LogP contribution in [0.4, 0.5) is 5.69 Å². The van der Waals surface area contributed by atoms with Crippen LogP contribution in [-0.4, -0.2) is 54.0 Å². The molecule has 1 aromatic heterocycles. The van der Waals surface area contributed by atoms with Gasteiger partial charge in [0.2, 0.25) is 0 Å². The van der Waals surface area contributed by atoms with Crippen LogP contribution in [0, 0.1) is 24.0 Å². The molecule has 2 rings (SSSR count). The minimum atomic E-state index is -0.411. The van der Waals surface area contributed by atoms with E-state index in [0.717, 1.165) is 12.1 Å². The van der Waals surface area contributed by atoms with Crippen molar-refractivity contribution in [2.45, 2.75) is 20.4 Å². The van der Waals surface area contributed by atoms with Crippen molar-refractivity contribution >= 4 is 24.0 Å². The van der Waals surface area contributed by atoms with Crippen LogP contribution in [-0.2, 0) is 11.3 Å².